The highest BCUT2D eigenvalue weighted by Gasteiger charge is 2.40. The minimum absolute atomic E-state index is 0.0732. The third-order valence-electron chi connectivity index (χ3n) is 6.94. The van der Waals surface area contributed by atoms with Gasteiger partial charge in [-0.3, -0.25) is 9.59 Å². The number of carbonyl (C=O) groups is 3. The molecule has 0 radical (unpaired) electrons. The van der Waals surface area contributed by atoms with Gasteiger partial charge in [-0.05, 0) is 72.2 Å². The molecule has 1 saturated heterocycles. The first-order valence-corrected chi connectivity index (χ1v) is 14.3. The number of esters is 1. The molecule has 198 valence electrons. The van der Waals surface area contributed by atoms with Crippen molar-refractivity contribution < 1.29 is 19.1 Å². The molecule has 38 heavy (non-hydrogen) atoms. The van der Waals surface area contributed by atoms with Gasteiger partial charge >= 0.3 is 5.97 Å². The maximum absolute atomic E-state index is 13.3. The van der Waals surface area contributed by atoms with Gasteiger partial charge in [0, 0.05) is 22.8 Å². The summed E-state index contributed by atoms with van der Waals surface area (Å²) in [5, 5.41) is 3.35. The lowest BCUT2D eigenvalue weighted by atomic mass is 9.81. The monoisotopic (exact) mass is 529 g/mol. The highest BCUT2D eigenvalue weighted by atomic mass is 32.2. The highest BCUT2D eigenvalue weighted by molar-refractivity contribution is 7.99. The Morgan fingerprint density at radius 2 is 1.61 bits per heavy atom. The van der Waals surface area contributed by atoms with Crippen molar-refractivity contribution in [1.29, 1.82) is 0 Å². The van der Waals surface area contributed by atoms with Crippen LogP contribution in [0.3, 0.4) is 0 Å². The summed E-state index contributed by atoms with van der Waals surface area (Å²) in [5.41, 5.74) is 4.54. The molecule has 0 amide bonds. The molecular weight excluding hydrogens is 494 g/mol. The van der Waals surface area contributed by atoms with E-state index >= 15 is 0 Å². The van der Waals surface area contributed by atoms with Crippen molar-refractivity contribution in [2.24, 2.45) is 0 Å². The van der Waals surface area contributed by atoms with E-state index in [1.807, 2.05) is 74.5 Å². The number of Topliss-reactive ketones (excluding diaryl/α,β-unsaturated/α-hetero) is 1. The lowest BCUT2D eigenvalue weighted by molar-refractivity contribution is -0.160. The van der Waals surface area contributed by atoms with E-state index in [0.29, 0.717) is 25.7 Å². The molecule has 0 bridgehead atoms. The summed E-state index contributed by atoms with van der Waals surface area (Å²) in [6.07, 6.45) is 3.32. The Kier molecular flexibility index (Phi) is 9.77. The second-order valence-electron chi connectivity index (χ2n) is 9.60. The zero-order valence-electron chi connectivity index (χ0n) is 22.0. The summed E-state index contributed by atoms with van der Waals surface area (Å²) in [7, 11) is 0. The van der Waals surface area contributed by atoms with Gasteiger partial charge in [0.25, 0.3) is 0 Å². The molecule has 0 aliphatic carbocycles. The molecule has 3 aromatic rings. The predicted molar refractivity (Wildman–Crippen MR) is 153 cm³/mol. The van der Waals surface area contributed by atoms with Gasteiger partial charge in [-0.2, -0.15) is 0 Å². The van der Waals surface area contributed by atoms with Crippen LogP contribution in [0.4, 0.5) is 5.69 Å². The first kappa shape index (κ1) is 27.6. The third kappa shape index (κ3) is 6.93. The molecule has 0 spiro atoms. The van der Waals surface area contributed by atoms with Crippen LogP contribution in [0.25, 0.3) is 0 Å². The van der Waals surface area contributed by atoms with Crippen molar-refractivity contribution in [3.8, 4) is 0 Å². The van der Waals surface area contributed by atoms with Crippen molar-refractivity contribution in [3.63, 3.8) is 0 Å². The molecule has 5 nitrogen and oxygen atoms in total. The standard InChI is InChI=1S/C32H35NO4S/c1-3-23-18-25(33-26(21-34)17-22-11-7-5-8-12-22)19-24(4-2)30(23)31-29(35)20-27(37-32(31)36)15-16-38-28-13-9-6-10-14-28/h5-14,18-19,21,26-27,31,33H,3-4,15-17,20H2,1-2H3/t26-,27?,31?/m0/s1. The van der Waals surface area contributed by atoms with Crippen LogP contribution in [0.15, 0.2) is 77.7 Å². The number of anilines is 1. The van der Waals surface area contributed by atoms with E-state index in [2.05, 4.69) is 17.4 Å². The number of carbonyl (C=O) groups excluding carboxylic acids is 3. The number of hydrogen-bond donors (Lipinski definition) is 1. The summed E-state index contributed by atoms with van der Waals surface area (Å²) in [6.45, 7) is 4.04. The number of aldehydes is 1. The molecule has 0 aromatic heterocycles. The number of cyclic esters (lactones) is 1. The summed E-state index contributed by atoms with van der Waals surface area (Å²) >= 11 is 1.70. The number of ketones is 1. The van der Waals surface area contributed by atoms with Crippen molar-refractivity contribution in [2.45, 2.75) is 68.9 Å². The van der Waals surface area contributed by atoms with Gasteiger partial charge < -0.3 is 14.8 Å². The summed E-state index contributed by atoms with van der Waals surface area (Å²) in [5.74, 6) is -0.633. The zero-order chi connectivity index (χ0) is 26.9. The molecule has 3 aromatic carbocycles. The largest absolute Gasteiger partial charge is 0.461 e. The number of rotatable bonds is 12. The first-order valence-electron chi connectivity index (χ1n) is 13.3. The Labute approximate surface area is 229 Å². The quantitative estimate of drug-likeness (QED) is 0.131. The normalized spacial score (nSPS) is 18.1. The van der Waals surface area contributed by atoms with Crippen LogP contribution in [0.1, 0.15) is 54.9 Å². The van der Waals surface area contributed by atoms with Crippen molar-refractivity contribution in [3.05, 3.63) is 95.1 Å². The van der Waals surface area contributed by atoms with Crippen LogP contribution in [0, 0.1) is 0 Å². The topological polar surface area (TPSA) is 72.5 Å². The Morgan fingerprint density at radius 1 is 0.974 bits per heavy atom. The number of thioether (sulfide) groups is 1. The number of ether oxygens (including phenoxy) is 1. The van der Waals surface area contributed by atoms with E-state index in [-0.39, 0.29) is 24.3 Å². The smallest absolute Gasteiger partial charge is 0.321 e. The summed E-state index contributed by atoms with van der Waals surface area (Å²) in [6, 6.07) is 23.5. The van der Waals surface area contributed by atoms with Gasteiger partial charge in [-0.1, -0.05) is 62.4 Å². The van der Waals surface area contributed by atoms with E-state index in [1.165, 1.54) is 0 Å². The molecule has 6 heteroatoms. The van der Waals surface area contributed by atoms with Crippen LogP contribution >= 0.6 is 11.8 Å². The van der Waals surface area contributed by atoms with E-state index in [0.717, 1.165) is 44.9 Å². The molecule has 1 aliphatic rings. The molecule has 0 saturated carbocycles. The van der Waals surface area contributed by atoms with E-state index < -0.39 is 11.9 Å². The molecule has 1 heterocycles. The Balaban J connectivity index is 1.47. The van der Waals surface area contributed by atoms with Gasteiger partial charge in [0.2, 0.25) is 0 Å². The molecule has 4 rings (SSSR count). The van der Waals surface area contributed by atoms with Gasteiger partial charge in [0.1, 0.15) is 18.3 Å². The molecule has 1 N–H and O–H groups in total. The van der Waals surface area contributed by atoms with E-state index in [9.17, 15) is 14.4 Å². The minimum Gasteiger partial charge on any atom is -0.461 e. The van der Waals surface area contributed by atoms with Gasteiger partial charge in [-0.25, -0.2) is 0 Å². The van der Waals surface area contributed by atoms with E-state index in [1.54, 1.807) is 11.8 Å². The van der Waals surface area contributed by atoms with Crippen LogP contribution in [0.2, 0.25) is 0 Å². The fourth-order valence-electron chi connectivity index (χ4n) is 5.05. The van der Waals surface area contributed by atoms with Crippen LogP contribution in [-0.4, -0.2) is 35.9 Å². The summed E-state index contributed by atoms with van der Waals surface area (Å²) < 4.78 is 5.80. The fraction of sp³-hybridized carbons (Fsp3) is 0.344. The lowest BCUT2D eigenvalue weighted by Crippen LogP contribution is -2.38. The number of benzene rings is 3. The molecule has 3 atom stereocenters. The summed E-state index contributed by atoms with van der Waals surface area (Å²) in [4.78, 5) is 39.5. The van der Waals surface area contributed by atoms with Crippen LogP contribution in [0.5, 0.6) is 0 Å². The first-order chi connectivity index (χ1) is 18.5. The van der Waals surface area contributed by atoms with Crippen molar-refractivity contribution >= 4 is 35.5 Å². The highest BCUT2D eigenvalue weighted by Crippen LogP contribution is 2.35. The van der Waals surface area contributed by atoms with Crippen LogP contribution < -0.4 is 5.32 Å². The van der Waals surface area contributed by atoms with Gasteiger partial charge in [0.05, 0.1) is 6.04 Å². The number of hydrogen-bond acceptors (Lipinski definition) is 6. The lowest BCUT2D eigenvalue weighted by Gasteiger charge is -2.30. The predicted octanol–water partition coefficient (Wildman–Crippen LogP) is 6.18. The number of nitrogens with one attached hydrogen (secondary N) is 1. The zero-order valence-corrected chi connectivity index (χ0v) is 22.8. The Hall–Kier alpha value is -3.38. The average Bonchev–Trinajstić information content (AvgIpc) is 2.93. The van der Waals surface area contributed by atoms with E-state index in [4.69, 9.17) is 4.74 Å². The van der Waals surface area contributed by atoms with Crippen LogP contribution in [-0.2, 0) is 38.4 Å². The van der Waals surface area contributed by atoms with Gasteiger partial charge in [-0.15, -0.1) is 11.8 Å². The maximum Gasteiger partial charge on any atom is 0.321 e. The Bertz CT molecular complexity index is 1200. The molecule has 1 aliphatic heterocycles. The fourth-order valence-corrected chi connectivity index (χ4v) is 6.01. The molecular formula is C32H35NO4S. The number of aryl methyl sites for hydroxylation is 2. The SMILES string of the molecule is CCc1cc(N[C@H](C=O)Cc2ccccc2)cc(CC)c1C1C(=O)CC(CCSc2ccccc2)OC1=O. The van der Waals surface area contributed by atoms with Crippen molar-refractivity contribution in [1.82, 2.24) is 0 Å². The van der Waals surface area contributed by atoms with Crippen molar-refractivity contribution in [2.75, 3.05) is 11.1 Å². The second-order valence-corrected chi connectivity index (χ2v) is 10.8. The third-order valence-corrected chi connectivity index (χ3v) is 7.98. The Morgan fingerprint density at radius 3 is 2.18 bits per heavy atom. The molecule has 1 fully saturated rings. The van der Waals surface area contributed by atoms with Gasteiger partial charge in [0.15, 0.2) is 5.78 Å². The molecule has 2 unspecified atom stereocenters. The minimum atomic E-state index is -0.891. The maximum atomic E-state index is 13.3. The average molecular weight is 530 g/mol. The second kappa shape index (κ2) is 13.4.